The molecule has 0 spiro atoms. The van der Waals surface area contributed by atoms with Crippen LogP contribution in [0.25, 0.3) is 0 Å². The molecule has 1 N–H and O–H groups in total. The van der Waals surface area contributed by atoms with Crippen LogP contribution < -0.4 is 5.32 Å². The zero-order chi connectivity index (χ0) is 12.8. The van der Waals surface area contributed by atoms with Crippen LogP contribution in [0, 0.1) is 12.7 Å². The van der Waals surface area contributed by atoms with Crippen LogP contribution in [-0.4, -0.2) is 6.04 Å². The first-order valence-corrected chi connectivity index (χ1v) is 7.24. The molecule has 2 rings (SSSR count). The summed E-state index contributed by atoms with van der Waals surface area (Å²) >= 11 is 0. The van der Waals surface area contributed by atoms with Gasteiger partial charge in [0, 0.05) is 12.6 Å². The second kappa shape index (κ2) is 6.89. The predicted molar refractivity (Wildman–Crippen MR) is 74.1 cm³/mol. The fraction of sp³-hybridized carbons (Fsp3) is 0.625. The van der Waals surface area contributed by atoms with Gasteiger partial charge in [-0.25, -0.2) is 4.39 Å². The van der Waals surface area contributed by atoms with Crippen LogP contribution in [-0.2, 0) is 6.54 Å². The van der Waals surface area contributed by atoms with Crippen molar-refractivity contribution in [3.63, 3.8) is 0 Å². The van der Waals surface area contributed by atoms with E-state index in [0.717, 1.165) is 12.1 Å². The minimum atomic E-state index is -0.137. The summed E-state index contributed by atoms with van der Waals surface area (Å²) in [5, 5.41) is 3.64. The Morgan fingerprint density at radius 2 is 1.78 bits per heavy atom. The number of hydrogen-bond acceptors (Lipinski definition) is 1. The molecule has 0 amide bonds. The van der Waals surface area contributed by atoms with E-state index >= 15 is 0 Å². The van der Waals surface area contributed by atoms with Crippen molar-refractivity contribution in [2.45, 2.75) is 64.5 Å². The van der Waals surface area contributed by atoms with Crippen molar-refractivity contribution >= 4 is 0 Å². The average molecular weight is 249 g/mol. The van der Waals surface area contributed by atoms with Crippen LogP contribution in [0.3, 0.4) is 0 Å². The summed E-state index contributed by atoms with van der Waals surface area (Å²) in [7, 11) is 0. The van der Waals surface area contributed by atoms with E-state index < -0.39 is 0 Å². The summed E-state index contributed by atoms with van der Waals surface area (Å²) < 4.78 is 13.0. The van der Waals surface area contributed by atoms with Crippen LogP contribution in [0.5, 0.6) is 0 Å². The molecule has 100 valence electrons. The molecule has 0 unspecified atom stereocenters. The highest BCUT2D eigenvalue weighted by Gasteiger charge is 2.11. The van der Waals surface area contributed by atoms with Gasteiger partial charge in [0.25, 0.3) is 0 Å². The number of aryl methyl sites for hydroxylation is 1. The minimum Gasteiger partial charge on any atom is -0.310 e. The average Bonchev–Trinajstić information content (AvgIpc) is 2.29. The Morgan fingerprint density at radius 3 is 2.44 bits per heavy atom. The minimum absolute atomic E-state index is 0.137. The summed E-state index contributed by atoms with van der Waals surface area (Å²) in [5.74, 6) is -0.137. The van der Waals surface area contributed by atoms with Gasteiger partial charge in [-0.15, -0.1) is 0 Å². The van der Waals surface area contributed by atoms with Gasteiger partial charge in [-0.1, -0.05) is 38.2 Å². The Morgan fingerprint density at radius 1 is 1.11 bits per heavy atom. The van der Waals surface area contributed by atoms with E-state index in [4.69, 9.17) is 0 Å². The fourth-order valence-corrected chi connectivity index (χ4v) is 2.77. The molecule has 2 heteroatoms. The molecule has 0 aliphatic heterocycles. The summed E-state index contributed by atoms with van der Waals surface area (Å²) in [6.45, 7) is 2.86. The van der Waals surface area contributed by atoms with Crippen molar-refractivity contribution in [2.75, 3.05) is 0 Å². The second-order valence-corrected chi connectivity index (χ2v) is 5.49. The smallest absolute Gasteiger partial charge is 0.123 e. The zero-order valence-electron chi connectivity index (χ0n) is 11.3. The SMILES string of the molecule is Cc1cc(F)ccc1CNC1CCCCCCC1. The molecular formula is C16H24FN. The maximum Gasteiger partial charge on any atom is 0.123 e. The van der Waals surface area contributed by atoms with Gasteiger partial charge in [-0.05, 0) is 43.0 Å². The Hall–Kier alpha value is -0.890. The van der Waals surface area contributed by atoms with Crippen LogP contribution in [0.4, 0.5) is 4.39 Å². The topological polar surface area (TPSA) is 12.0 Å². The van der Waals surface area contributed by atoms with Crippen molar-refractivity contribution in [2.24, 2.45) is 0 Å². The monoisotopic (exact) mass is 249 g/mol. The van der Waals surface area contributed by atoms with Crippen LogP contribution in [0.1, 0.15) is 56.1 Å². The Bertz CT molecular complexity index is 367. The van der Waals surface area contributed by atoms with Gasteiger partial charge >= 0.3 is 0 Å². The Kier molecular flexibility index (Phi) is 5.18. The largest absolute Gasteiger partial charge is 0.310 e. The van der Waals surface area contributed by atoms with Gasteiger partial charge in [0.1, 0.15) is 5.82 Å². The second-order valence-electron chi connectivity index (χ2n) is 5.49. The third kappa shape index (κ3) is 4.09. The summed E-state index contributed by atoms with van der Waals surface area (Å²) in [5.41, 5.74) is 2.27. The number of rotatable bonds is 3. The van der Waals surface area contributed by atoms with Gasteiger partial charge in [0.05, 0.1) is 0 Å². The Balaban J connectivity index is 1.85. The lowest BCUT2D eigenvalue weighted by Gasteiger charge is -2.21. The number of halogens is 1. The molecule has 1 nitrogen and oxygen atoms in total. The summed E-state index contributed by atoms with van der Waals surface area (Å²) in [4.78, 5) is 0. The molecular weight excluding hydrogens is 225 g/mol. The molecule has 1 aliphatic rings. The lowest BCUT2D eigenvalue weighted by atomic mass is 9.96. The highest BCUT2D eigenvalue weighted by atomic mass is 19.1. The molecule has 1 fully saturated rings. The van der Waals surface area contributed by atoms with E-state index in [1.165, 1.54) is 50.5 Å². The molecule has 0 aromatic heterocycles. The highest BCUT2D eigenvalue weighted by molar-refractivity contribution is 5.26. The van der Waals surface area contributed by atoms with E-state index in [0.29, 0.717) is 6.04 Å². The molecule has 0 atom stereocenters. The third-order valence-corrected chi connectivity index (χ3v) is 3.99. The molecule has 1 aromatic carbocycles. The predicted octanol–water partition coefficient (Wildman–Crippen LogP) is 4.34. The van der Waals surface area contributed by atoms with Gasteiger partial charge in [-0.2, -0.15) is 0 Å². The fourth-order valence-electron chi connectivity index (χ4n) is 2.77. The number of benzene rings is 1. The standard InChI is InChI=1S/C16H24FN/c1-13-11-15(17)10-9-14(13)12-18-16-7-5-3-2-4-6-8-16/h9-11,16,18H,2-8,12H2,1H3. The van der Waals surface area contributed by atoms with Crippen LogP contribution in [0.2, 0.25) is 0 Å². The summed E-state index contributed by atoms with van der Waals surface area (Å²) in [6.07, 6.45) is 9.45. The van der Waals surface area contributed by atoms with E-state index in [1.54, 1.807) is 12.1 Å². The first-order chi connectivity index (χ1) is 8.75. The van der Waals surface area contributed by atoms with Crippen molar-refractivity contribution in [1.29, 1.82) is 0 Å². The lowest BCUT2D eigenvalue weighted by molar-refractivity contribution is 0.388. The third-order valence-electron chi connectivity index (χ3n) is 3.99. The van der Waals surface area contributed by atoms with Crippen LogP contribution in [0.15, 0.2) is 18.2 Å². The molecule has 1 saturated carbocycles. The molecule has 0 saturated heterocycles. The number of nitrogens with one attached hydrogen (secondary N) is 1. The van der Waals surface area contributed by atoms with Gasteiger partial charge < -0.3 is 5.32 Å². The molecule has 0 radical (unpaired) electrons. The van der Waals surface area contributed by atoms with E-state index in [9.17, 15) is 4.39 Å². The quantitative estimate of drug-likeness (QED) is 0.840. The zero-order valence-corrected chi connectivity index (χ0v) is 11.3. The van der Waals surface area contributed by atoms with E-state index in [1.807, 2.05) is 13.0 Å². The first-order valence-electron chi connectivity index (χ1n) is 7.24. The molecule has 1 aromatic rings. The first kappa shape index (κ1) is 13.5. The summed E-state index contributed by atoms with van der Waals surface area (Å²) in [6, 6.07) is 5.73. The van der Waals surface area contributed by atoms with Crippen molar-refractivity contribution in [1.82, 2.24) is 5.32 Å². The van der Waals surface area contributed by atoms with Gasteiger partial charge in [-0.3, -0.25) is 0 Å². The van der Waals surface area contributed by atoms with Crippen molar-refractivity contribution in [3.05, 3.63) is 35.1 Å². The van der Waals surface area contributed by atoms with E-state index in [-0.39, 0.29) is 5.82 Å². The van der Waals surface area contributed by atoms with Gasteiger partial charge in [0.15, 0.2) is 0 Å². The molecule has 1 aliphatic carbocycles. The Labute approximate surface area is 110 Å². The maximum absolute atomic E-state index is 13.0. The van der Waals surface area contributed by atoms with Crippen molar-refractivity contribution < 1.29 is 4.39 Å². The number of hydrogen-bond donors (Lipinski definition) is 1. The van der Waals surface area contributed by atoms with Gasteiger partial charge in [0.2, 0.25) is 0 Å². The lowest BCUT2D eigenvalue weighted by Crippen LogP contribution is -2.29. The van der Waals surface area contributed by atoms with E-state index in [2.05, 4.69) is 5.32 Å². The normalized spacial score (nSPS) is 18.3. The molecule has 0 bridgehead atoms. The molecule has 18 heavy (non-hydrogen) atoms. The molecule has 0 heterocycles. The van der Waals surface area contributed by atoms with Crippen molar-refractivity contribution in [3.8, 4) is 0 Å². The van der Waals surface area contributed by atoms with Crippen LogP contribution >= 0.6 is 0 Å². The maximum atomic E-state index is 13.0. The highest BCUT2D eigenvalue weighted by Crippen LogP contribution is 2.18.